The molecule has 1 unspecified atom stereocenters. The molecule has 1 saturated heterocycles. The van der Waals surface area contributed by atoms with Crippen molar-refractivity contribution in [2.24, 2.45) is 0 Å². The number of fused-ring (bicyclic) bond motifs is 1. The Morgan fingerprint density at radius 1 is 1.16 bits per heavy atom. The Hall–Kier alpha value is -1.32. The SMILES string of the molecule is c1ccc2c(CN3CCC(NC4CC4)C3)c[nH]c2c1. The highest BCUT2D eigenvalue weighted by molar-refractivity contribution is 5.82. The summed E-state index contributed by atoms with van der Waals surface area (Å²) in [7, 11) is 0. The van der Waals surface area contributed by atoms with E-state index in [1.807, 2.05) is 0 Å². The van der Waals surface area contributed by atoms with Gasteiger partial charge in [0.2, 0.25) is 0 Å². The lowest BCUT2D eigenvalue weighted by atomic mass is 10.1. The van der Waals surface area contributed by atoms with Gasteiger partial charge in [0.25, 0.3) is 0 Å². The van der Waals surface area contributed by atoms with Crippen LogP contribution < -0.4 is 5.32 Å². The maximum Gasteiger partial charge on any atom is 0.0457 e. The lowest BCUT2D eigenvalue weighted by Gasteiger charge is -2.16. The van der Waals surface area contributed by atoms with Crippen molar-refractivity contribution in [3.63, 3.8) is 0 Å². The molecule has 0 spiro atoms. The Kier molecular flexibility index (Phi) is 2.82. The number of likely N-dealkylation sites (tertiary alicyclic amines) is 1. The molecule has 19 heavy (non-hydrogen) atoms. The fourth-order valence-electron chi connectivity index (χ4n) is 3.20. The number of aromatic amines is 1. The number of rotatable bonds is 4. The predicted octanol–water partition coefficient (Wildman–Crippen LogP) is 2.49. The third kappa shape index (κ3) is 2.40. The second-order valence-electron chi connectivity index (χ2n) is 6.02. The van der Waals surface area contributed by atoms with E-state index < -0.39 is 0 Å². The van der Waals surface area contributed by atoms with Gasteiger partial charge < -0.3 is 10.3 Å². The van der Waals surface area contributed by atoms with E-state index in [1.54, 1.807) is 0 Å². The molecule has 0 amide bonds. The van der Waals surface area contributed by atoms with Gasteiger partial charge in [-0.05, 0) is 30.9 Å². The number of H-pyrrole nitrogens is 1. The molecule has 2 N–H and O–H groups in total. The van der Waals surface area contributed by atoms with Crippen LogP contribution in [0.3, 0.4) is 0 Å². The molecule has 1 aliphatic carbocycles. The zero-order valence-electron chi connectivity index (χ0n) is 11.2. The first kappa shape index (κ1) is 11.5. The fourth-order valence-corrected chi connectivity index (χ4v) is 3.20. The van der Waals surface area contributed by atoms with Gasteiger partial charge in [-0.3, -0.25) is 4.90 Å². The average Bonchev–Trinajstić information content (AvgIpc) is 2.98. The number of benzene rings is 1. The standard InChI is InChI=1S/C16H21N3/c1-2-4-16-15(3-1)12(9-17-16)10-19-8-7-14(11-19)18-13-5-6-13/h1-4,9,13-14,17-18H,5-8,10-11H2. The van der Waals surface area contributed by atoms with Gasteiger partial charge in [0.1, 0.15) is 0 Å². The minimum Gasteiger partial charge on any atom is -0.361 e. The number of aromatic nitrogens is 1. The molecule has 2 fully saturated rings. The molecule has 100 valence electrons. The molecule has 4 rings (SSSR count). The smallest absolute Gasteiger partial charge is 0.0457 e. The van der Waals surface area contributed by atoms with Crippen LogP contribution in [0, 0.1) is 0 Å². The molecule has 1 aliphatic heterocycles. The molecule has 3 heteroatoms. The normalized spacial score (nSPS) is 24.3. The summed E-state index contributed by atoms with van der Waals surface area (Å²) in [6.45, 7) is 3.51. The van der Waals surface area contributed by atoms with Crippen LogP contribution in [0.15, 0.2) is 30.5 Å². The molecular weight excluding hydrogens is 234 g/mol. The lowest BCUT2D eigenvalue weighted by molar-refractivity contribution is 0.321. The van der Waals surface area contributed by atoms with E-state index in [1.165, 1.54) is 48.8 Å². The molecular formula is C16H21N3. The van der Waals surface area contributed by atoms with Gasteiger partial charge in [-0.2, -0.15) is 0 Å². The highest BCUT2D eigenvalue weighted by Gasteiger charge is 2.29. The monoisotopic (exact) mass is 255 g/mol. The van der Waals surface area contributed by atoms with Gasteiger partial charge in [-0.1, -0.05) is 18.2 Å². The van der Waals surface area contributed by atoms with Crippen molar-refractivity contribution in [1.29, 1.82) is 0 Å². The van der Waals surface area contributed by atoms with Crippen molar-refractivity contribution >= 4 is 10.9 Å². The molecule has 1 saturated carbocycles. The molecule has 0 radical (unpaired) electrons. The summed E-state index contributed by atoms with van der Waals surface area (Å²) in [5, 5.41) is 5.13. The van der Waals surface area contributed by atoms with Gasteiger partial charge in [-0.25, -0.2) is 0 Å². The first-order valence-corrected chi connectivity index (χ1v) is 7.42. The second kappa shape index (κ2) is 4.66. The molecule has 3 nitrogen and oxygen atoms in total. The summed E-state index contributed by atoms with van der Waals surface area (Å²) in [5.41, 5.74) is 2.69. The molecule has 2 aromatic rings. The van der Waals surface area contributed by atoms with Gasteiger partial charge in [0, 0.05) is 48.8 Å². The zero-order chi connectivity index (χ0) is 12.7. The van der Waals surface area contributed by atoms with Crippen molar-refractivity contribution in [3.05, 3.63) is 36.0 Å². The van der Waals surface area contributed by atoms with Crippen LogP contribution in [0.1, 0.15) is 24.8 Å². The van der Waals surface area contributed by atoms with E-state index in [9.17, 15) is 0 Å². The first-order valence-electron chi connectivity index (χ1n) is 7.42. The summed E-state index contributed by atoms with van der Waals surface area (Å²) in [5.74, 6) is 0. The van der Waals surface area contributed by atoms with Crippen LogP contribution in [0.4, 0.5) is 0 Å². The summed E-state index contributed by atoms with van der Waals surface area (Å²) >= 11 is 0. The van der Waals surface area contributed by atoms with Crippen molar-refractivity contribution < 1.29 is 0 Å². The Labute approximate surface area is 114 Å². The third-order valence-corrected chi connectivity index (χ3v) is 4.39. The van der Waals surface area contributed by atoms with Gasteiger partial charge in [0.15, 0.2) is 0 Å². The van der Waals surface area contributed by atoms with Gasteiger partial charge in [-0.15, -0.1) is 0 Å². The zero-order valence-corrected chi connectivity index (χ0v) is 11.2. The molecule has 2 heterocycles. The van der Waals surface area contributed by atoms with Crippen molar-refractivity contribution in [3.8, 4) is 0 Å². The van der Waals surface area contributed by atoms with Crippen molar-refractivity contribution in [1.82, 2.24) is 15.2 Å². The lowest BCUT2D eigenvalue weighted by Crippen LogP contribution is -2.33. The molecule has 1 aromatic carbocycles. The van der Waals surface area contributed by atoms with Gasteiger partial charge in [0.05, 0.1) is 0 Å². The van der Waals surface area contributed by atoms with Crippen LogP contribution in [0.25, 0.3) is 10.9 Å². The Morgan fingerprint density at radius 2 is 2.05 bits per heavy atom. The topological polar surface area (TPSA) is 31.1 Å². The molecule has 0 bridgehead atoms. The van der Waals surface area contributed by atoms with Crippen LogP contribution in [-0.2, 0) is 6.54 Å². The highest BCUT2D eigenvalue weighted by atomic mass is 15.2. The first-order chi connectivity index (χ1) is 9.38. The third-order valence-electron chi connectivity index (χ3n) is 4.39. The Morgan fingerprint density at radius 3 is 2.95 bits per heavy atom. The summed E-state index contributed by atoms with van der Waals surface area (Å²) < 4.78 is 0. The molecule has 1 aromatic heterocycles. The largest absolute Gasteiger partial charge is 0.361 e. The minimum atomic E-state index is 0.720. The fraction of sp³-hybridized carbons (Fsp3) is 0.500. The number of hydrogen-bond acceptors (Lipinski definition) is 2. The average molecular weight is 255 g/mol. The number of para-hydroxylation sites is 1. The van der Waals surface area contributed by atoms with E-state index in [0.717, 1.165) is 18.6 Å². The Bertz CT molecular complexity index is 570. The predicted molar refractivity (Wildman–Crippen MR) is 78.1 cm³/mol. The van der Waals surface area contributed by atoms with E-state index in [-0.39, 0.29) is 0 Å². The number of nitrogens with zero attached hydrogens (tertiary/aromatic N) is 1. The highest BCUT2D eigenvalue weighted by Crippen LogP contribution is 2.24. The number of nitrogens with one attached hydrogen (secondary N) is 2. The van der Waals surface area contributed by atoms with Crippen molar-refractivity contribution in [2.75, 3.05) is 13.1 Å². The maximum absolute atomic E-state index is 3.75. The van der Waals surface area contributed by atoms with E-state index >= 15 is 0 Å². The van der Waals surface area contributed by atoms with Crippen LogP contribution in [-0.4, -0.2) is 35.1 Å². The van der Waals surface area contributed by atoms with E-state index in [4.69, 9.17) is 0 Å². The van der Waals surface area contributed by atoms with Crippen molar-refractivity contribution in [2.45, 2.75) is 37.9 Å². The molecule has 1 atom stereocenters. The summed E-state index contributed by atoms with van der Waals surface area (Å²) in [6.07, 6.45) is 6.25. The summed E-state index contributed by atoms with van der Waals surface area (Å²) in [6, 6.07) is 10.1. The van der Waals surface area contributed by atoms with Crippen LogP contribution in [0.2, 0.25) is 0 Å². The summed E-state index contributed by atoms with van der Waals surface area (Å²) in [4.78, 5) is 5.95. The van der Waals surface area contributed by atoms with Crippen LogP contribution in [0.5, 0.6) is 0 Å². The van der Waals surface area contributed by atoms with Crippen LogP contribution >= 0.6 is 0 Å². The van der Waals surface area contributed by atoms with E-state index in [2.05, 4.69) is 45.7 Å². The molecule has 2 aliphatic rings. The van der Waals surface area contributed by atoms with Gasteiger partial charge >= 0.3 is 0 Å². The second-order valence-corrected chi connectivity index (χ2v) is 6.02. The Balaban J connectivity index is 1.43. The maximum atomic E-state index is 3.75. The quantitative estimate of drug-likeness (QED) is 0.879. The van der Waals surface area contributed by atoms with E-state index in [0.29, 0.717) is 0 Å². The number of hydrogen-bond donors (Lipinski definition) is 2. The minimum absolute atomic E-state index is 0.720.